The van der Waals surface area contributed by atoms with E-state index in [4.69, 9.17) is 4.74 Å². The number of rotatable bonds is 5. The SMILES string of the molecule is CNC[C@H]1CCCN(C(=O)[C@@H](C)Oc2ccc(F)cc2Br)C1. The summed E-state index contributed by atoms with van der Waals surface area (Å²) in [6.45, 7) is 4.19. The van der Waals surface area contributed by atoms with Gasteiger partial charge in [0, 0.05) is 13.1 Å². The average molecular weight is 373 g/mol. The van der Waals surface area contributed by atoms with Gasteiger partial charge in [-0.2, -0.15) is 0 Å². The van der Waals surface area contributed by atoms with Crippen LogP contribution in [0.15, 0.2) is 22.7 Å². The maximum absolute atomic E-state index is 13.1. The first-order chi connectivity index (χ1) is 10.5. The number of benzene rings is 1. The summed E-state index contributed by atoms with van der Waals surface area (Å²) in [6, 6.07) is 4.18. The van der Waals surface area contributed by atoms with Crippen molar-refractivity contribution in [2.24, 2.45) is 5.92 Å². The van der Waals surface area contributed by atoms with E-state index in [1.807, 2.05) is 11.9 Å². The van der Waals surface area contributed by atoms with Crippen LogP contribution in [0.25, 0.3) is 0 Å². The summed E-state index contributed by atoms with van der Waals surface area (Å²) >= 11 is 3.25. The lowest BCUT2D eigenvalue weighted by Gasteiger charge is -2.34. The number of nitrogens with one attached hydrogen (secondary N) is 1. The summed E-state index contributed by atoms with van der Waals surface area (Å²) in [5.41, 5.74) is 0. The van der Waals surface area contributed by atoms with Crippen LogP contribution in [0, 0.1) is 11.7 Å². The molecule has 1 aromatic rings. The third-order valence-corrected chi connectivity index (χ3v) is 4.49. The molecule has 1 amide bonds. The summed E-state index contributed by atoms with van der Waals surface area (Å²) < 4.78 is 19.3. The summed E-state index contributed by atoms with van der Waals surface area (Å²) in [5, 5.41) is 3.17. The molecule has 0 unspecified atom stereocenters. The van der Waals surface area contributed by atoms with Gasteiger partial charge < -0.3 is 15.0 Å². The van der Waals surface area contributed by atoms with E-state index in [0.29, 0.717) is 16.1 Å². The molecule has 1 aliphatic heterocycles. The average Bonchev–Trinajstić information content (AvgIpc) is 2.50. The zero-order valence-corrected chi connectivity index (χ0v) is 14.5. The summed E-state index contributed by atoms with van der Waals surface area (Å²) in [5.74, 6) is 0.611. The van der Waals surface area contributed by atoms with Crippen LogP contribution in [0.5, 0.6) is 5.75 Å². The maximum atomic E-state index is 13.1. The Kier molecular flexibility index (Phi) is 6.20. The van der Waals surface area contributed by atoms with Crippen molar-refractivity contribution in [3.05, 3.63) is 28.5 Å². The van der Waals surface area contributed by atoms with Gasteiger partial charge in [-0.25, -0.2) is 4.39 Å². The number of ether oxygens (including phenoxy) is 1. The summed E-state index contributed by atoms with van der Waals surface area (Å²) in [6.07, 6.45) is 1.57. The van der Waals surface area contributed by atoms with E-state index in [-0.39, 0.29) is 11.7 Å². The van der Waals surface area contributed by atoms with E-state index < -0.39 is 6.10 Å². The third kappa shape index (κ3) is 4.43. The molecule has 4 nitrogen and oxygen atoms in total. The predicted molar refractivity (Wildman–Crippen MR) is 87.4 cm³/mol. The highest BCUT2D eigenvalue weighted by atomic mass is 79.9. The number of carbonyl (C=O) groups excluding carboxylic acids is 1. The summed E-state index contributed by atoms with van der Waals surface area (Å²) in [4.78, 5) is 14.4. The first-order valence-electron chi connectivity index (χ1n) is 7.56. The molecule has 1 aromatic carbocycles. The zero-order valence-electron chi connectivity index (χ0n) is 12.9. The Morgan fingerprint density at radius 2 is 2.36 bits per heavy atom. The number of nitrogens with zero attached hydrogens (tertiary/aromatic N) is 1. The van der Waals surface area contributed by atoms with Gasteiger partial charge in [0.05, 0.1) is 4.47 Å². The van der Waals surface area contributed by atoms with Crippen molar-refractivity contribution >= 4 is 21.8 Å². The molecule has 0 saturated carbocycles. The maximum Gasteiger partial charge on any atom is 0.263 e. The van der Waals surface area contributed by atoms with Gasteiger partial charge in [-0.3, -0.25) is 4.79 Å². The van der Waals surface area contributed by atoms with Gasteiger partial charge in [-0.15, -0.1) is 0 Å². The Morgan fingerprint density at radius 3 is 3.05 bits per heavy atom. The van der Waals surface area contributed by atoms with Crippen molar-refractivity contribution in [1.29, 1.82) is 0 Å². The van der Waals surface area contributed by atoms with E-state index in [2.05, 4.69) is 21.2 Å². The Labute approximate surface area is 139 Å². The van der Waals surface area contributed by atoms with Gasteiger partial charge in [0.1, 0.15) is 11.6 Å². The fourth-order valence-corrected chi connectivity index (χ4v) is 3.23. The highest BCUT2D eigenvalue weighted by Crippen LogP contribution is 2.27. The molecule has 0 spiro atoms. The fraction of sp³-hybridized carbons (Fsp3) is 0.562. The van der Waals surface area contributed by atoms with E-state index in [9.17, 15) is 9.18 Å². The van der Waals surface area contributed by atoms with Crippen LogP contribution in [0.3, 0.4) is 0 Å². The first-order valence-corrected chi connectivity index (χ1v) is 8.35. The Balaban J connectivity index is 1.96. The van der Waals surface area contributed by atoms with Crippen molar-refractivity contribution in [3.63, 3.8) is 0 Å². The second-order valence-corrected chi connectivity index (χ2v) is 6.54. The Morgan fingerprint density at radius 1 is 1.59 bits per heavy atom. The second kappa shape index (κ2) is 7.92. The fourth-order valence-electron chi connectivity index (χ4n) is 2.79. The van der Waals surface area contributed by atoms with Crippen molar-refractivity contribution in [3.8, 4) is 5.75 Å². The molecule has 2 rings (SSSR count). The van der Waals surface area contributed by atoms with Crippen molar-refractivity contribution in [2.45, 2.75) is 25.9 Å². The minimum atomic E-state index is -0.588. The number of piperidine rings is 1. The van der Waals surface area contributed by atoms with Crippen molar-refractivity contribution in [1.82, 2.24) is 10.2 Å². The molecular weight excluding hydrogens is 351 g/mol. The molecule has 22 heavy (non-hydrogen) atoms. The van der Waals surface area contributed by atoms with Gasteiger partial charge >= 0.3 is 0 Å². The molecule has 1 heterocycles. The highest BCUT2D eigenvalue weighted by molar-refractivity contribution is 9.10. The smallest absolute Gasteiger partial charge is 0.263 e. The number of hydrogen-bond acceptors (Lipinski definition) is 3. The number of carbonyl (C=O) groups is 1. The topological polar surface area (TPSA) is 41.6 Å². The molecule has 1 N–H and O–H groups in total. The number of amides is 1. The van der Waals surface area contributed by atoms with Crippen LogP contribution in [0.2, 0.25) is 0 Å². The summed E-state index contributed by atoms with van der Waals surface area (Å²) in [7, 11) is 1.93. The van der Waals surface area contributed by atoms with E-state index in [1.165, 1.54) is 18.2 Å². The molecule has 0 bridgehead atoms. The van der Waals surface area contributed by atoms with Gasteiger partial charge in [-0.1, -0.05) is 0 Å². The van der Waals surface area contributed by atoms with Gasteiger partial charge in [0.2, 0.25) is 0 Å². The quantitative estimate of drug-likeness (QED) is 0.863. The molecule has 1 aliphatic rings. The minimum Gasteiger partial charge on any atom is -0.480 e. The van der Waals surface area contributed by atoms with E-state index in [0.717, 1.165) is 32.5 Å². The largest absolute Gasteiger partial charge is 0.480 e. The molecule has 1 fully saturated rings. The van der Waals surface area contributed by atoms with E-state index >= 15 is 0 Å². The minimum absolute atomic E-state index is 0.0166. The van der Waals surface area contributed by atoms with Crippen LogP contribution in [0.4, 0.5) is 4.39 Å². The highest BCUT2D eigenvalue weighted by Gasteiger charge is 2.27. The Bertz CT molecular complexity index is 525. The number of hydrogen-bond donors (Lipinski definition) is 1. The standard InChI is InChI=1S/C16H22BrFN2O2/c1-11(22-15-6-5-13(18)8-14(15)17)16(21)20-7-3-4-12(10-20)9-19-2/h5-6,8,11-12,19H,3-4,7,9-10H2,1-2H3/t11-,12-/m1/s1. The lowest BCUT2D eigenvalue weighted by Crippen LogP contribution is -2.47. The molecule has 0 aliphatic carbocycles. The molecular formula is C16H22BrFN2O2. The molecule has 0 aromatic heterocycles. The van der Waals surface area contributed by atoms with Gasteiger partial charge in [0.25, 0.3) is 5.91 Å². The van der Waals surface area contributed by atoms with Crippen molar-refractivity contribution < 1.29 is 13.9 Å². The monoisotopic (exact) mass is 372 g/mol. The molecule has 122 valence electrons. The number of halogens is 2. The predicted octanol–water partition coefficient (Wildman–Crippen LogP) is 2.81. The molecule has 2 atom stereocenters. The van der Waals surface area contributed by atoms with Crippen LogP contribution >= 0.6 is 15.9 Å². The van der Waals surface area contributed by atoms with Gasteiger partial charge in [-0.05, 0) is 73.4 Å². The van der Waals surface area contributed by atoms with Crippen LogP contribution in [-0.2, 0) is 4.79 Å². The molecule has 0 radical (unpaired) electrons. The van der Waals surface area contributed by atoms with Crippen LogP contribution < -0.4 is 10.1 Å². The third-order valence-electron chi connectivity index (χ3n) is 3.87. The molecule has 1 saturated heterocycles. The lowest BCUT2D eigenvalue weighted by atomic mass is 9.97. The number of likely N-dealkylation sites (tertiary alicyclic amines) is 1. The van der Waals surface area contributed by atoms with E-state index in [1.54, 1.807) is 6.92 Å². The first kappa shape index (κ1) is 17.2. The van der Waals surface area contributed by atoms with Crippen molar-refractivity contribution in [2.75, 3.05) is 26.7 Å². The zero-order chi connectivity index (χ0) is 16.1. The lowest BCUT2D eigenvalue weighted by molar-refractivity contribution is -0.139. The normalized spacial score (nSPS) is 19.8. The van der Waals surface area contributed by atoms with Crippen LogP contribution in [-0.4, -0.2) is 43.6 Å². The van der Waals surface area contributed by atoms with Crippen LogP contribution in [0.1, 0.15) is 19.8 Å². The van der Waals surface area contributed by atoms with Gasteiger partial charge in [0.15, 0.2) is 6.10 Å². The molecule has 6 heteroatoms. The second-order valence-electron chi connectivity index (χ2n) is 5.69. The Hall–Kier alpha value is -1.14.